The quantitative estimate of drug-likeness (QED) is 0.865. The Kier molecular flexibility index (Phi) is 3.75. The molecule has 0 radical (unpaired) electrons. The number of benzene rings is 1. The van der Waals surface area contributed by atoms with Crippen molar-refractivity contribution >= 4 is 34.8 Å². The van der Waals surface area contributed by atoms with Gasteiger partial charge in [-0.25, -0.2) is 9.97 Å². The van der Waals surface area contributed by atoms with Gasteiger partial charge >= 0.3 is 0 Å². The summed E-state index contributed by atoms with van der Waals surface area (Å²) in [5, 5.41) is 3.86. The van der Waals surface area contributed by atoms with Crippen LogP contribution in [-0.4, -0.2) is 28.1 Å². The van der Waals surface area contributed by atoms with Crippen molar-refractivity contribution < 1.29 is 9.53 Å². The molecule has 6 atom stereocenters. The molecule has 1 amide bonds. The van der Waals surface area contributed by atoms with E-state index < -0.39 is 0 Å². The number of aromatic nitrogens is 2. The molecule has 5 nitrogen and oxygen atoms in total. The first kappa shape index (κ1) is 16.5. The Morgan fingerprint density at radius 1 is 1.15 bits per heavy atom. The number of ether oxygens (including phenoxy) is 1. The molecule has 3 fully saturated rings. The van der Waals surface area contributed by atoms with E-state index >= 15 is 0 Å². The van der Waals surface area contributed by atoms with Crippen LogP contribution in [0.3, 0.4) is 0 Å². The van der Waals surface area contributed by atoms with Gasteiger partial charge in [0.2, 0.25) is 5.91 Å². The molecule has 2 aromatic rings. The number of rotatable bonds is 3. The van der Waals surface area contributed by atoms with Gasteiger partial charge in [0.25, 0.3) is 0 Å². The van der Waals surface area contributed by atoms with Gasteiger partial charge in [-0.3, -0.25) is 4.79 Å². The van der Waals surface area contributed by atoms with Gasteiger partial charge in [0.1, 0.15) is 5.82 Å². The third-order valence-corrected chi connectivity index (χ3v) is 6.56. The Morgan fingerprint density at radius 3 is 2.62 bits per heavy atom. The smallest absolute Gasteiger partial charge is 0.230 e. The van der Waals surface area contributed by atoms with Crippen molar-refractivity contribution in [2.24, 2.45) is 17.8 Å². The van der Waals surface area contributed by atoms with E-state index in [1.165, 1.54) is 0 Å². The minimum Gasteiger partial charge on any atom is -0.373 e. The molecule has 1 aromatic heterocycles. The summed E-state index contributed by atoms with van der Waals surface area (Å²) < 4.78 is 6.18. The van der Waals surface area contributed by atoms with Gasteiger partial charge < -0.3 is 10.1 Å². The van der Waals surface area contributed by atoms with Gasteiger partial charge in [-0.15, -0.1) is 0 Å². The van der Waals surface area contributed by atoms with Crippen molar-refractivity contribution in [2.75, 3.05) is 5.32 Å². The van der Waals surface area contributed by atoms with Crippen molar-refractivity contribution in [3.8, 4) is 0 Å². The molecule has 1 saturated carbocycles. The lowest BCUT2D eigenvalue weighted by Crippen LogP contribution is -2.37. The van der Waals surface area contributed by atoms with Crippen LogP contribution in [0, 0.1) is 24.7 Å². The second-order valence-electron chi connectivity index (χ2n) is 7.36. The number of nitrogens with one attached hydrogen (secondary N) is 1. The maximum Gasteiger partial charge on any atom is 0.230 e. The van der Waals surface area contributed by atoms with Gasteiger partial charge in [0.15, 0.2) is 0 Å². The number of hydrogen-bond donors (Lipinski definition) is 1. The molecule has 2 aliphatic heterocycles. The van der Waals surface area contributed by atoms with Gasteiger partial charge in [-0.2, -0.15) is 0 Å². The van der Waals surface area contributed by atoms with E-state index in [1.807, 2.05) is 19.3 Å². The van der Waals surface area contributed by atoms with Crippen LogP contribution in [0.15, 0.2) is 30.6 Å². The Bertz CT molecular complexity index is 889. The van der Waals surface area contributed by atoms with Crippen molar-refractivity contribution in [1.82, 2.24) is 9.97 Å². The largest absolute Gasteiger partial charge is 0.373 e. The molecule has 7 heteroatoms. The Hall–Kier alpha value is -1.69. The van der Waals surface area contributed by atoms with E-state index in [0.717, 1.165) is 17.8 Å². The second kappa shape index (κ2) is 5.91. The number of hydrogen-bond acceptors (Lipinski definition) is 4. The summed E-state index contributed by atoms with van der Waals surface area (Å²) >= 11 is 12.0. The molecule has 2 bridgehead atoms. The maximum absolute atomic E-state index is 13.1. The van der Waals surface area contributed by atoms with Crippen LogP contribution in [0.5, 0.6) is 0 Å². The summed E-state index contributed by atoms with van der Waals surface area (Å²) in [6.07, 6.45) is 4.86. The highest BCUT2D eigenvalue weighted by Crippen LogP contribution is 2.65. The Balaban J connectivity index is 1.44. The van der Waals surface area contributed by atoms with Crippen molar-refractivity contribution in [1.29, 1.82) is 0 Å². The summed E-state index contributed by atoms with van der Waals surface area (Å²) in [4.78, 5) is 21.7. The summed E-state index contributed by atoms with van der Waals surface area (Å²) in [5.41, 5.74) is 1.61. The average Bonchev–Trinajstić information content (AvgIpc) is 3.24. The predicted molar refractivity (Wildman–Crippen MR) is 98.3 cm³/mol. The number of amides is 1. The van der Waals surface area contributed by atoms with E-state index in [0.29, 0.717) is 27.6 Å². The lowest BCUT2D eigenvalue weighted by molar-refractivity contribution is -0.122. The minimum atomic E-state index is -0.246. The number of carbonyl (C=O) groups excluding carboxylic acids is 1. The number of anilines is 1. The highest BCUT2D eigenvalue weighted by molar-refractivity contribution is 6.42. The monoisotopic (exact) mass is 389 g/mol. The fraction of sp³-hybridized carbons (Fsp3) is 0.421. The van der Waals surface area contributed by atoms with Crippen molar-refractivity contribution in [2.45, 2.75) is 31.5 Å². The van der Waals surface area contributed by atoms with Crippen LogP contribution in [0.25, 0.3) is 0 Å². The van der Waals surface area contributed by atoms with E-state index in [2.05, 4.69) is 15.3 Å². The SMILES string of the molecule is Cc1ncc(C2C3OC(C4CC43)C2C(=O)Nc2ccc(Cl)c(Cl)c2)cn1. The maximum atomic E-state index is 13.1. The van der Waals surface area contributed by atoms with E-state index in [-0.39, 0.29) is 30.0 Å². The first-order valence-corrected chi connectivity index (χ1v) is 9.48. The number of nitrogens with zero attached hydrogens (tertiary/aromatic N) is 2. The standard InChI is InChI=1S/C19H17Cl2N3O2/c1-8-22-6-9(7-23-8)15-16(18-12-5-11(12)17(15)26-18)19(25)24-10-2-3-13(20)14(21)4-10/h2-4,6-7,11-12,15-18H,5H2,1H3,(H,24,25). The van der Waals surface area contributed by atoms with Crippen LogP contribution in [-0.2, 0) is 9.53 Å². The molecule has 2 saturated heterocycles. The molecule has 1 aromatic carbocycles. The fourth-order valence-corrected chi connectivity index (χ4v) is 4.87. The summed E-state index contributed by atoms with van der Waals surface area (Å²) in [5.74, 6) is 1.50. The average molecular weight is 390 g/mol. The van der Waals surface area contributed by atoms with Crippen LogP contribution in [0.2, 0.25) is 10.0 Å². The van der Waals surface area contributed by atoms with Crippen LogP contribution < -0.4 is 5.32 Å². The van der Waals surface area contributed by atoms with Crippen LogP contribution in [0.4, 0.5) is 5.69 Å². The predicted octanol–water partition coefficient (Wildman–Crippen LogP) is 3.85. The lowest BCUT2D eigenvalue weighted by Gasteiger charge is -2.26. The fourth-order valence-electron chi connectivity index (χ4n) is 4.57. The minimum absolute atomic E-state index is 0.00729. The highest BCUT2D eigenvalue weighted by Gasteiger charge is 2.68. The zero-order chi connectivity index (χ0) is 18.0. The third-order valence-electron chi connectivity index (χ3n) is 5.82. The van der Waals surface area contributed by atoms with Gasteiger partial charge in [-0.1, -0.05) is 23.2 Å². The zero-order valence-electron chi connectivity index (χ0n) is 14.0. The molecular weight excluding hydrogens is 373 g/mol. The summed E-state index contributed by atoms with van der Waals surface area (Å²) in [6.45, 7) is 1.85. The molecule has 5 rings (SSSR count). The number of aryl methyl sites for hydroxylation is 1. The third kappa shape index (κ3) is 2.53. The zero-order valence-corrected chi connectivity index (χ0v) is 15.5. The summed E-state index contributed by atoms with van der Waals surface area (Å²) in [6, 6.07) is 5.10. The van der Waals surface area contributed by atoms with Crippen LogP contribution in [0.1, 0.15) is 23.7 Å². The molecule has 3 aliphatic rings. The lowest BCUT2D eigenvalue weighted by atomic mass is 9.75. The topological polar surface area (TPSA) is 64.1 Å². The second-order valence-corrected chi connectivity index (χ2v) is 8.18. The summed E-state index contributed by atoms with van der Waals surface area (Å²) in [7, 11) is 0. The first-order chi connectivity index (χ1) is 12.5. The number of carbonyl (C=O) groups is 1. The van der Waals surface area contributed by atoms with Gasteiger partial charge in [-0.05, 0) is 48.9 Å². The van der Waals surface area contributed by atoms with E-state index in [1.54, 1.807) is 18.2 Å². The Labute approximate surface area is 161 Å². The van der Waals surface area contributed by atoms with E-state index in [9.17, 15) is 4.79 Å². The van der Waals surface area contributed by atoms with Crippen molar-refractivity contribution in [3.05, 3.63) is 52.0 Å². The molecule has 1 N–H and O–H groups in total. The van der Waals surface area contributed by atoms with Crippen LogP contribution >= 0.6 is 23.2 Å². The Morgan fingerprint density at radius 2 is 1.88 bits per heavy atom. The number of halogens is 2. The molecule has 6 unspecified atom stereocenters. The molecule has 26 heavy (non-hydrogen) atoms. The van der Waals surface area contributed by atoms with Gasteiger partial charge in [0.05, 0.1) is 28.2 Å². The molecule has 1 aliphatic carbocycles. The molecule has 0 spiro atoms. The molecule has 3 heterocycles. The van der Waals surface area contributed by atoms with Gasteiger partial charge in [0, 0.05) is 24.0 Å². The number of fused-ring (bicyclic) bond motifs is 5. The molecule has 134 valence electrons. The normalized spacial score (nSPS) is 33.8. The first-order valence-electron chi connectivity index (χ1n) is 8.73. The molecular formula is C19H17Cl2N3O2. The van der Waals surface area contributed by atoms with Crippen molar-refractivity contribution in [3.63, 3.8) is 0 Å². The highest BCUT2D eigenvalue weighted by atomic mass is 35.5. The van der Waals surface area contributed by atoms with E-state index in [4.69, 9.17) is 27.9 Å².